The van der Waals surface area contributed by atoms with Crippen molar-refractivity contribution in [3.63, 3.8) is 0 Å². The molecule has 0 saturated carbocycles. The molecule has 0 aliphatic carbocycles. The summed E-state index contributed by atoms with van der Waals surface area (Å²) in [6.07, 6.45) is -4.60. The highest BCUT2D eigenvalue weighted by atomic mass is 35.5. The van der Waals surface area contributed by atoms with Crippen LogP contribution in [0.15, 0.2) is 109 Å². The molecule has 3 aromatic carbocycles. The number of nitrogens with zero attached hydrogens (tertiary/aromatic N) is 12. The Morgan fingerprint density at radius 3 is 0.837 bits per heavy atom. The van der Waals surface area contributed by atoms with Crippen LogP contribution in [0.1, 0.15) is 158 Å². The monoisotopic (exact) mass is 1790 g/mol. The van der Waals surface area contributed by atoms with Crippen LogP contribution < -0.4 is 19.4 Å². The second-order valence-electron chi connectivity index (χ2n) is 33.7. The minimum absolute atomic E-state index is 0.0937. The molecule has 0 spiro atoms. The third-order valence-corrected chi connectivity index (χ3v) is 25.1. The highest BCUT2D eigenvalue weighted by Gasteiger charge is 2.65. The van der Waals surface area contributed by atoms with E-state index in [1.165, 1.54) is 26.8 Å². The first-order valence-electron chi connectivity index (χ1n) is 41.3. The Labute approximate surface area is 723 Å². The SMILES string of the molecule is CC(C)Oc1cccc(C(O)(C(=O)N2CCC(CC3CCN(c4ccc(C(=O)N(C)C)c(Cl)n4)CC3)CC2)C(F)(F)F)c1.CN(C)C(=O)c1ccc(N2CCC(CC3CCN(C(=O)[C@@](O)(c4cccc(F)c4)C(F)(F)F)CC3)CC2)nc1Cl.CN(C)C(=O)c1ccc(N2CCC(CC3CCN(C(=O)[C@](O)(c4cccc(F)c4)C(F)(F)F)CC3)CC2)nc1Cl. The van der Waals surface area contributed by atoms with Crippen molar-refractivity contribution in [2.45, 2.75) is 152 Å². The van der Waals surface area contributed by atoms with Crippen molar-refractivity contribution in [2.24, 2.45) is 35.5 Å². The fraction of sp³-hybridized carbons (Fsp3) is 0.552. The number of amides is 6. The van der Waals surface area contributed by atoms with Gasteiger partial charge in [-0.05, 0) is 218 Å². The van der Waals surface area contributed by atoms with Crippen molar-refractivity contribution in [3.8, 4) is 5.75 Å². The van der Waals surface area contributed by atoms with Crippen LogP contribution in [-0.2, 0) is 31.2 Å². The lowest BCUT2D eigenvalue weighted by Crippen LogP contribution is -2.57. The fourth-order valence-corrected chi connectivity index (χ4v) is 17.8. The Hall–Kier alpha value is -8.89. The summed E-state index contributed by atoms with van der Waals surface area (Å²) in [7, 11) is 9.90. The molecule has 1 unspecified atom stereocenters. The number of alkyl halides is 9. The van der Waals surface area contributed by atoms with Gasteiger partial charge in [0, 0.05) is 138 Å². The fourth-order valence-electron chi connectivity index (χ4n) is 17.1. The number of hydrogen-bond donors (Lipinski definition) is 3. The number of carbonyl (C=O) groups excluding carboxylic acids is 6. The largest absolute Gasteiger partial charge is 0.491 e. The van der Waals surface area contributed by atoms with Gasteiger partial charge >= 0.3 is 18.5 Å². The summed E-state index contributed by atoms with van der Waals surface area (Å²) in [5, 5.41) is 32.6. The molecule has 9 heterocycles. The lowest BCUT2D eigenvalue weighted by Gasteiger charge is -2.40. The second kappa shape index (κ2) is 40.6. The van der Waals surface area contributed by atoms with Gasteiger partial charge in [-0.25, -0.2) is 23.7 Å². The quantitative estimate of drug-likeness (QED) is 0.0475. The number of ether oxygens (including phenoxy) is 1. The number of likely N-dealkylation sites (tertiary alicyclic amines) is 3. The topological polar surface area (TPSA) is 240 Å². The van der Waals surface area contributed by atoms with E-state index in [1.807, 2.05) is 6.07 Å². The van der Waals surface area contributed by atoms with E-state index in [1.54, 1.807) is 86.5 Å². The molecule has 3 N–H and O–H groups in total. The van der Waals surface area contributed by atoms with Gasteiger partial charge in [0.1, 0.15) is 50.3 Å². The van der Waals surface area contributed by atoms with Crippen LogP contribution in [0.2, 0.25) is 15.5 Å². The molecule has 12 rings (SSSR count). The molecular formula is C87H106Cl3F11N12O10. The predicted molar refractivity (Wildman–Crippen MR) is 443 cm³/mol. The van der Waals surface area contributed by atoms with Gasteiger partial charge in [0.25, 0.3) is 52.2 Å². The molecular weight excluding hydrogens is 1690 g/mol. The van der Waals surface area contributed by atoms with E-state index < -0.39 is 81.4 Å². The summed E-state index contributed by atoms with van der Waals surface area (Å²) < 4.78 is 159. The molecule has 0 radical (unpaired) electrons. The smallest absolute Gasteiger partial charge is 0.430 e. The number of rotatable bonds is 20. The minimum atomic E-state index is -5.30. The zero-order chi connectivity index (χ0) is 90.0. The van der Waals surface area contributed by atoms with Gasteiger partial charge in [0.15, 0.2) is 0 Å². The van der Waals surface area contributed by atoms with E-state index >= 15 is 0 Å². The molecule has 6 amide bonds. The summed E-state index contributed by atoms with van der Waals surface area (Å²) in [6, 6.07) is 22.4. The van der Waals surface area contributed by atoms with Crippen molar-refractivity contribution < 1.29 is 97.1 Å². The number of carbonyl (C=O) groups is 6. The van der Waals surface area contributed by atoms with E-state index in [9.17, 15) is 92.4 Å². The third kappa shape index (κ3) is 22.9. The molecule has 6 aliphatic rings. The van der Waals surface area contributed by atoms with Gasteiger partial charge in [-0.15, -0.1) is 0 Å². The second-order valence-corrected chi connectivity index (χ2v) is 34.7. The molecule has 123 heavy (non-hydrogen) atoms. The standard InChI is InChI=1S/C31H40ClF3N4O4.2C28H33ClF4N4O3/c1-20(2)43-24-7-5-6-23(19-24)30(42,31(33,34)35)29(41)39-16-12-22(13-17-39)18-21-10-14-38(15-11-21)26-9-8-25(27(32)36-26)28(40)37(3)4;2*1-35(2)25(38)22-6-7-23(34-24(22)29)36-12-8-18(9-13-36)16-19-10-14-37(15-11-19)26(39)27(40,28(31,32)33)20-4-3-5-21(30)17-20/h5-9,19-22,42H,10-18H2,1-4H3;2*3-7,17-19,40H,8-16H2,1-2H3/t;2*27-/m.10/s1. The summed E-state index contributed by atoms with van der Waals surface area (Å²) in [4.78, 5) is 103. The van der Waals surface area contributed by atoms with Crippen molar-refractivity contribution in [3.05, 3.63) is 170 Å². The average Bonchev–Trinajstić information content (AvgIpc) is 0.761. The van der Waals surface area contributed by atoms with E-state index in [2.05, 4.69) is 29.7 Å². The zero-order valence-electron chi connectivity index (χ0n) is 69.9. The summed E-state index contributed by atoms with van der Waals surface area (Å²) in [5.74, 6) is -2.48. The normalized spacial score (nSPS) is 18.7. The molecule has 3 aromatic heterocycles. The molecule has 0 bridgehead atoms. The van der Waals surface area contributed by atoms with Crippen LogP contribution in [0.4, 0.5) is 65.7 Å². The van der Waals surface area contributed by atoms with E-state index in [-0.39, 0.29) is 102 Å². The Bertz CT molecular complexity index is 4470. The average molecular weight is 1800 g/mol. The van der Waals surface area contributed by atoms with Crippen molar-refractivity contribution in [1.29, 1.82) is 0 Å². The molecule has 36 heteroatoms. The number of anilines is 3. The molecule has 672 valence electrons. The number of benzene rings is 3. The van der Waals surface area contributed by atoms with Gasteiger partial charge in [-0.2, -0.15) is 39.5 Å². The number of halogens is 14. The van der Waals surface area contributed by atoms with Gasteiger partial charge < -0.3 is 64.2 Å². The Morgan fingerprint density at radius 2 is 0.618 bits per heavy atom. The first-order chi connectivity index (χ1) is 57.8. The number of pyridine rings is 3. The minimum Gasteiger partial charge on any atom is -0.491 e. The van der Waals surface area contributed by atoms with Crippen LogP contribution in [0.25, 0.3) is 0 Å². The Morgan fingerprint density at radius 1 is 0.382 bits per heavy atom. The first-order valence-corrected chi connectivity index (χ1v) is 42.4. The maximum atomic E-state index is 14.3. The lowest BCUT2D eigenvalue weighted by molar-refractivity contribution is -0.263. The molecule has 6 aromatic rings. The van der Waals surface area contributed by atoms with Gasteiger partial charge in [-0.3, -0.25) is 28.8 Å². The molecule has 3 atom stereocenters. The number of hydrogen-bond acceptors (Lipinski definition) is 16. The van der Waals surface area contributed by atoms with Crippen LogP contribution in [-0.4, -0.2) is 241 Å². The van der Waals surface area contributed by atoms with E-state index in [0.29, 0.717) is 96.7 Å². The van der Waals surface area contributed by atoms with E-state index in [0.717, 1.165) is 166 Å². The zero-order valence-corrected chi connectivity index (χ0v) is 72.2. The van der Waals surface area contributed by atoms with Gasteiger partial charge in [0.2, 0.25) is 0 Å². The van der Waals surface area contributed by atoms with Crippen LogP contribution in [0.5, 0.6) is 5.75 Å². The number of aromatic nitrogens is 3. The van der Waals surface area contributed by atoms with Crippen molar-refractivity contribution >= 4 is 87.7 Å². The molecule has 6 aliphatic heterocycles. The Balaban J connectivity index is 0.000000193. The van der Waals surface area contributed by atoms with Crippen LogP contribution in [0, 0.1) is 47.1 Å². The molecule has 6 saturated heterocycles. The van der Waals surface area contributed by atoms with Crippen LogP contribution >= 0.6 is 34.8 Å². The maximum Gasteiger partial charge on any atom is 0.430 e. The number of aliphatic hydroxyl groups is 3. The van der Waals surface area contributed by atoms with Gasteiger partial charge in [-0.1, -0.05) is 71.2 Å². The predicted octanol–water partition coefficient (Wildman–Crippen LogP) is 15.3. The van der Waals surface area contributed by atoms with Gasteiger partial charge in [0.05, 0.1) is 22.8 Å². The van der Waals surface area contributed by atoms with Crippen molar-refractivity contribution in [2.75, 3.05) is 136 Å². The summed E-state index contributed by atoms with van der Waals surface area (Å²) >= 11 is 18.8. The first kappa shape index (κ1) is 96.3. The van der Waals surface area contributed by atoms with E-state index in [4.69, 9.17) is 39.5 Å². The Kier molecular flexibility index (Phi) is 31.8. The highest BCUT2D eigenvalue weighted by Crippen LogP contribution is 2.47. The molecule has 22 nitrogen and oxygen atoms in total. The third-order valence-electron chi connectivity index (χ3n) is 24.2. The van der Waals surface area contributed by atoms with Crippen molar-refractivity contribution in [1.82, 2.24) is 44.4 Å². The summed E-state index contributed by atoms with van der Waals surface area (Å²) in [5.41, 5.74) is -12.4. The van der Waals surface area contributed by atoms with Crippen LogP contribution in [0.3, 0.4) is 0 Å². The highest BCUT2D eigenvalue weighted by molar-refractivity contribution is 6.33. The molecule has 6 fully saturated rings. The summed E-state index contributed by atoms with van der Waals surface area (Å²) in [6.45, 7) is 8.78. The maximum absolute atomic E-state index is 14.3. The number of piperidine rings is 6. The lowest BCUT2D eigenvalue weighted by atomic mass is 9.82.